The SMILES string of the molecule is C[C@@H](NS(=O)(=O)c1ccc(CBr)cc1)c1ccc(Cl)cc1. The van der Waals surface area contributed by atoms with Crippen molar-refractivity contribution in [2.45, 2.75) is 23.2 Å². The molecule has 2 aromatic rings. The zero-order valence-corrected chi connectivity index (χ0v) is 14.5. The third kappa shape index (κ3) is 4.30. The average molecular weight is 389 g/mol. The molecular formula is C15H15BrClNO2S. The van der Waals surface area contributed by atoms with Gasteiger partial charge >= 0.3 is 0 Å². The van der Waals surface area contributed by atoms with E-state index in [1.807, 2.05) is 12.1 Å². The number of sulfonamides is 1. The Balaban J connectivity index is 2.17. The van der Waals surface area contributed by atoms with Crippen molar-refractivity contribution in [2.75, 3.05) is 0 Å². The van der Waals surface area contributed by atoms with Gasteiger partial charge in [0.25, 0.3) is 0 Å². The average Bonchev–Trinajstić information content (AvgIpc) is 2.47. The van der Waals surface area contributed by atoms with E-state index in [9.17, 15) is 8.42 Å². The summed E-state index contributed by atoms with van der Waals surface area (Å²) in [7, 11) is -3.54. The molecule has 0 aliphatic carbocycles. The Morgan fingerprint density at radius 3 is 2.19 bits per heavy atom. The maximum absolute atomic E-state index is 12.3. The summed E-state index contributed by atoms with van der Waals surface area (Å²) in [5, 5.41) is 1.32. The Kier molecular flexibility index (Phi) is 5.43. The topological polar surface area (TPSA) is 46.2 Å². The van der Waals surface area contributed by atoms with Crippen LogP contribution in [0, 0.1) is 0 Å². The Bertz CT molecular complexity index is 699. The fourth-order valence-electron chi connectivity index (χ4n) is 1.88. The van der Waals surface area contributed by atoms with Crippen LogP contribution in [0.5, 0.6) is 0 Å². The van der Waals surface area contributed by atoms with Crippen LogP contribution < -0.4 is 4.72 Å². The van der Waals surface area contributed by atoms with Gasteiger partial charge in [-0.25, -0.2) is 13.1 Å². The van der Waals surface area contributed by atoms with Gasteiger partial charge in [0, 0.05) is 16.4 Å². The zero-order valence-electron chi connectivity index (χ0n) is 11.4. The highest BCUT2D eigenvalue weighted by atomic mass is 79.9. The summed E-state index contributed by atoms with van der Waals surface area (Å²) >= 11 is 9.16. The van der Waals surface area contributed by atoms with E-state index in [0.717, 1.165) is 11.1 Å². The first-order valence-electron chi connectivity index (χ1n) is 6.35. The first-order chi connectivity index (χ1) is 9.92. The van der Waals surface area contributed by atoms with Gasteiger partial charge in [0.2, 0.25) is 10.0 Å². The summed E-state index contributed by atoms with van der Waals surface area (Å²) in [5.74, 6) is 0. The molecule has 0 bridgehead atoms. The van der Waals surface area contributed by atoms with E-state index >= 15 is 0 Å². The van der Waals surface area contributed by atoms with E-state index in [0.29, 0.717) is 10.4 Å². The molecule has 0 unspecified atom stereocenters. The second-order valence-electron chi connectivity index (χ2n) is 4.67. The molecule has 3 nitrogen and oxygen atoms in total. The van der Waals surface area contributed by atoms with Gasteiger partial charge in [0.1, 0.15) is 0 Å². The lowest BCUT2D eigenvalue weighted by Gasteiger charge is -2.15. The van der Waals surface area contributed by atoms with Crippen LogP contribution in [0.1, 0.15) is 24.1 Å². The van der Waals surface area contributed by atoms with Crippen LogP contribution in [0.15, 0.2) is 53.4 Å². The van der Waals surface area contributed by atoms with E-state index < -0.39 is 10.0 Å². The molecule has 0 fully saturated rings. The van der Waals surface area contributed by atoms with Crippen molar-refractivity contribution in [1.29, 1.82) is 0 Å². The van der Waals surface area contributed by atoms with Crippen molar-refractivity contribution in [3.63, 3.8) is 0 Å². The van der Waals surface area contributed by atoms with Crippen LogP contribution in [0.3, 0.4) is 0 Å². The predicted octanol–water partition coefficient (Wildman–Crippen LogP) is 4.27. The molecule has 1 atom stereocenters. The fraction of sp³-hybridized carbons (Fsp3) is 0.200. The highest BCUT2D eigenvalue weighted by Gasteiger charge is 2.18. The molecule has 21 heavy (non-hydrogen) atoms. The molecule has 0 radical (unpaired) electrons. The second kappa shape index (κ2) is 6.92. The summed E-state index contributed by atoms with van der Waals surface area (Å²) in [4.78, 5) is 0.257. The van der Waals surface area contributed by atoms with Gasteiger partial charge in [-0.3, -0.25) is 0 Å². The number of rotatable bonds is 5. The summed E-state index contributed by atoms with van der Waals surface area (Å²) in [6, 6.07) is 13.6. The van der Waals surface area contributed by atoms with E-state index in [1.165, 1.54) is 0 Å². The van der Waals surface area contributed by atoms with E-state index in [2.05, 4.69) is 20.7 Å². The van der Waals surface area contributed by atoms with Gasteiger partial charge in [0.05, 0.1) is 4.90 Å². The molecular weight excluding hydrogens is 374 g/mol. The molecule has 0 spiro atoms. The molecule has 0 aliphatic heterocycles. The van der Waals surface area contributed by atoms with Crippen molar-refractivity contribution in [3.8, 4) is 0 Å². The lowest BCUT2D eigenvalue weighted by molar-refractivity contribution is 0.567. The van der Waals surface area contributed by atoms with Crippen molar-refractivity contribution >= 4 is 37.6 Å². The van der Waals surface area contributed by atoms with Crippen molar-refractivity contribution in [3.05, 3.63) is 64.7 Å². The highest BCUT2D eigenvalue weighted by Crippen LogP contribution is 2.19. The smallest absolute Gasteiger partial charge is 0.207 e. The summed E-state index contributed by atoms with van der Waals surface area (Å²) in [6.07, 6.45) is 0. The maximum Gasteiger partial charge on any atom is 0.241 e. The van der Waals surface area contributed by atoms with Crippen molar-refractivity contribution < 1.29 is 8.42 Å². The molecule has 0 saturated heterocycles. The molecule has 112 valence electrons. The number of nitrogens with one attached hydrogen (secondary N) is 1. The molecule has 2 rings (SSSR count). The Morgan fingerprint density at radius 2 is 1.67 bits per heavy atom. The maximum atomic E-state index is 12.3. The molecule has 0 aliphatic rings. The van der Waals surface area contributed by atoms with Gasteiger partial charge in [-0.15, -0.1) is 0 Å². The Hall–Kier alpha value is -0.880. The van der Waals surface area contributed by atoms with Crippen molar-refractivity contribution in [1.82, 2.24) is 4.72 Å². The van der Waals surface area contributed by atoms with Crippen LogP contribution in [0.25, 0.3) is 0 Å². The van der Waals surface area contributed by atoms with Crippen LogP contribution in [0.4, 0.5) is 0 Å². The lowest BCUT2D eigenvalue weighted by Crippen LogP contribution is -2.26. The van der Waals surface area contributed by atoms with E-state index in [-0.39, 0.29) is 10.9 Å². The first kappa shape index (κ1) is 16.5. The molecule has 0 saturated carbocycles. The summed E-state index contributed by atoms with van der Waals surface area (Å²) in [6.45, 7) is 1.80. The van der Waals surface area contributed by atoms with Crippen molar-refractivity contribution in [2.24, 2.45) is 0 Å². The molecule has 1 N–H and O–H groups in total. The molecule has 0 amide bonds. The second-order valence-corrected chi connectivity index (χ2v) is 7.38. The number of alkyl halides is 1. The van der Waals surface area contributed by atoms with Gasteiger partial charge in [-0.1, -0.05) is 51.8 Å². The molecule has 2 aromatic carbocycles. The summed E-state index contributed by atoms with van der Waals surface area (Å²) in [5.41, 5.74) is 1.89. The number of hydrogen-bond donors (Lipinski definition) is 1. The van der Waals surface area contributed by atoms with Crippen LogP contribution in [-0.2, 0) is 15.4 Å². The van der Waals surface area contributed by atoms with Crippen LogP contribution >= 0.6 is 27.5 Å². The third-order valence-corrected chi connectivity index (χ3v) is 5.55. The zero-order chi connectivity index (χ0) is 15.5. The standard InChI is InChI=1S/C15H15BrClNO2S/c1-11(13-4-6-14(17)7-5-13)18-21(19,20)15-8-2-12(10-16)3-9-15/h2-9,11,18H,10H2,1H3/t11-/m1/s1. The minimum absolute atomic E-state index is 0.257. The molecule has 0 heterocycles. The Morgan fingerprint density at radius 1 is 1.10 bits per heavy atom. The van der Waals surface area contributed by atoms with E-state index in [1.54, 1.807) is 43.3 Å². The normalized spacial score (nSPS) is 13.1. The van der Waals surface area contributed by atoms with Gasteiger partial charge in [-0.05, 0) is 42.3 Å². The minimum Gasteiger partial charge on any atom is -0.207 e. The quantitative estimate of drug-likeness (QED) is 0.777. The Labute approximate surface area is 138 Å². The van der Waals surface area contributed by atoms with E-state index in [4.69, 9.17) is 11.6 Å². The monoisotopic (exact) mass is 387 g/mol. The van der Waals surface area contributed by atoms with Gasteiger partial charge in [-0.2, -0.15) is 0 Å². The highest BCUT2D eigenvalue weighted by molar-refractivity contribution is 9.08. The third-order valence-electron chi connectivity index (χ3n) is 3.09. The minimum atomic E-state index is -3.54. The number of benzene rings is 2. The van der Waals surface area contributed by atoms with Crippen LogP contribution in [-0.4, -0.2) is 8.42 Å². The number of hydrogen-bond acceptors (Lipinski definition) is 2. The predicted molar refractivity (Wildman–Crippen MR) is 89.3 cm³/mol. The number of halogens is 2. The van der Waals surface area contributed by atoms with Crippen LogP contribution in [0.2, 0.25) is 5.02 Å². The summed E-state index contributed by atoms with van der Waals surface area (Å²) < 4.78 is 27.3. The molecule has 6 heteroatoms. The van der Waals surface area contributed by atoms with Gasteiger partial charge in [0.15, 0.2) is 0 Å². The van der Waals surface area contributed by atoms with Gasteiger partial charge < -0.3 is 0 Å². The first-order valence-corrected chi connectivity index (χ1v) is 9.33. The fourth-order valence-corrected chi connectivity index (χ4v) is 3.61. The molecule has 0 aromatic heterocycles. The largest absolute Gasteiger partial charge is 0.241 e. The lowest BCUT2D eigenvalue weighted by atomic mass is 10.1.